The van der Waals surface area contributed by atoms with Gasteiger partial charge in [-0.3, -0.25) is 0 Å². The molecule has 0 aliphatic heterocycles. The van der Waals surface area contributed by atoms with Crippen molar-refractivity contribution in [3.8, 4) is 44.5 Å². The number of hydrogen-bond acceptors (Lipinski definition) is 1. The summed E-state index contributed by atoms with van der Waals surface area (Å²) >= 11 is 0. The first-order valence-corrected chi connectivity index (χ1v) is 17.4. The average molecular weight is 640 g/mol. The lowest BCUT2D eigenvalue weighted by Crippen LogP contribution is -2.16. The Balaban J connectivity index is 1.27. The highest BCUT2D eigenvalue weighted by Crippen LogP contribution is 2.55. The van der Waals surface area contributed by atoms with Gasteiger partial charge in [-0.25, -0.2) is 0 Å². The van der Waals surface area contributed by atoms with Crippen molar-refractivity contribution < 1.29 is 0 Å². The second kappa shape index (κ2) is 12.1. The minimum absolute atomic E-state index is 0.164. The maximum Gasteiger partial charge on any atom is 0.0546 e. The molecule has 8 aromatic carbocycles. The zero-order valence-corrected chi connectivity index (χ0v) is 28.3. The third-order valence-corrected chi connectivity index (χ3v) is 10.4. The molecule has 0 spiro atoms. The van der Waals surface area contributed by atoms with E-state index in [1.807, 2.05) is 0 Å². The normalized spacial score (nSPS) is 12.8. The fraction of sp³-hybridized carbons (Fsp3) is 0.0612. The predicted molar refractivity (Wildman–Crippen MR) is 213 cm³/mol. The Labute approximate surface area is 294 Å². The third-order valence-electron chi connectivity index (χ3n) is 10.4. The van der Waals surface area contributed by atoms with E-state index >= 15 is 0 Å². The zero-order chi connectivity index (χ0) is 33.7. The standard InChI is InChI=1S/C49H37N/c1-49(2)46-32-39(36-19-10-5-11-20-36)27-30-42(46)45-33-47(43-23-12-13-24-44(43)48(45)49)50(40-28-25-37(26-29-40)34-15-6-3-7-16-34)41-22-14-21-38(31-41)35-17-8-4-9-18-35/h3-33H,1-2H3. The second-order valence-corrected chi connectivity index (χ2v) is 13.8. The molecule has 0 aromatic heterocycles. The van der Waals surface area contributed by atoms with Crippen LogP contribution in [0.4, 0.5) is 17.1 Å². The van der Waals surface area contributed by atoms with Crippen LogP contribution >= 0.6 is 0 Å². The summed E-state index contributed by atoms with van der Waals surface area (Å²) in [5.41, 5.74) is 16.0. The highest BCUT2D eigenvalue weighted by atomic mass is 15.1. The molecular weight excluding hydrogens is 603 g/mol. The van der Waals surface area contributed by atoms with Crippen LogP contribution in [0.25, 0.3) is 55.3 Å². The summed E-state index contributed by atoms with van der Waals surface area (Å²) in [6.45, 7) is 4.78. The molecule has 0 unspecified atom stereocenters. The largest absolute Gasteiger partial charge is 0.310 e. The van der Waals surface area contributed by atoms with Crippen LogP contribution in [0.2, 0.25) is 0 Å². The van der Waals surface area contributed by atoms with Crippen LogP contribution in [0.3, 0.4) is 0 Å². The van der Waals surface area contributed by atoms with Crippen LogP contribution in [0.1, 0.15) is 25.0 Å². The minimum Gasteiger partial charge on any atom is -0.310 e. The van der Waals surface area contributed by atoms with Gasteiger partial charge in [-0.15, -0.1) is 0 Å². The van der Waals surface area contributed by atoms with Crippen LogP contribution in [0, 0.1) is 0 Å². The molecule has 0 bridgehead atoms. The Morgan fingerprint density at radius 3 is 1.50 bits per heavy atom. The molecule has 9 rings (SSSR count). The number of benzene rings is 8. The van der Waals surface area contributed by atoms with Gasteiger partial charge in [0.25, 0.3) is 0 Å². The molecule has 0 atom stereocenters. The Kier molecular flexibility index (Phi) is 7.21. The van der Waals surface area contributed by atoms with Crippen LogP contribution in [0.5, 0.6) is 0 Å². The lowest BCUT2D eigenvalue weighted by Gasteiger charge is -2.30. The first kappa shape index (κ1) is 29.9. The van der Waals surface area contributed by atoms with Crippen molar-refractivity contribution in [2.75, 3.05) is 4.90 Å². The van der Waals surface area contributed by atoms with Crippen molar-refractivity contribution in [2.45, 2.75) is 19.3 Å². The highest BCUT2D eigenvalue weighted by molar-refractivity contribution is 6.07. The zero-order valence-electron chi connectivity index (χ0n) is 28.3. The lowest BCUT2D eigenvalue weighted by molar-refractivity contribution is 0.666. The fourth-order valence-corrected chi connectivity index (χ4v) is 7.98. The molecule has 0 N–H and O–H groups in total. The number of rotatable bonds is 6. The molecule has 1 heteroatoms. The Bertz CT molecular complexity index is 2480. The van der Waals surface area contributed by atoms with Crippen LogP contribution in [-0.2, 0) is 5.41 Å². The first-order valence-electron chi connectivity index (χ1n) is 17.4. The second-order valence-electron chi connectivity index (χ2n) is 13.8. The van der Waals surface area contributed by atoms with E-state index in [0.29, 0.717) is 0 Å². The number of hydrogen-bond donors (Lipinski definition) is 0. The van der Waals surface area contributed by atoms with Gasteiger partial charge in [0.05, 0.1) is 5.69 Å². The van der Waals surface area contributed by atoms with Gasteiger partial charge in [-0.1, -0.05) is 166 Å². The van der Waals surface area contributed by atoms with E-state index in [-0.39, 0.29) is 5.41 Å². The first-order chi connectivity index (χ1) is 24.6. The van der Waals surface area contributed by atoms with Crippen LogP contribution in [0.15, 0.2) is 188 Å². The molecular formula is C49H37N. The van der Waals surface area contributed by atoms with Gasteiger partial charge < -0.3 is 4.90 Å². The predicted octanol–water partition coefficient (Wildman–Crippen LogP) is 13.6. The molecule has 0 radical (unpaired) electrons. The van der Waals surface area contributed by atoms with E-state index < -0.39 is 0 Å². The van der Waals surface area contributed by atoms with Gasteiger partial charge in [0.1, 0.15) is 0 Å². The van der Waals surface area contributed by atoms with Gasteiger partial charge in [0.15, 0.2) is 0 Å². The van der Waals surface area contributed by atoms with Crippen molar-refractivity contribution in [3.05, 3.63) is 199 Å². The highest BCUT2D eigenvalue weighted by Gasteiger charge is 2.38. The average Bonchev–Trinajstić information content (AvgIpc) is 3.41. The van der Waals surface area contributed by atoms with E-state index in [9.17, 15) is 0 Å². The summed E-state index contributed by atoms with van der Waals surface area (Å²) in [5.74, 6) is 0. The van der Waals surface area contributed by atoms with Crippen LogP contribution < -0.4 is 4.90 Å². The molecule has 8 aromatic rings. The smallest absolute Gasteiger partial charge is 0.0546 e. The van der Waals surface area contributed by atoms with Gasteiger partial charge >= 0.3 is 0 Å². The Morgan fingerprint density at radius 1 is 0.360 bits per heavy atom. The van der Waals surface area contributed by atoms with Gasteiger partial charge in [0.2, 0.25) is 0 Å². The van der Waals surface area contributed by atoms with Crippen molar-refractivity contribution in [3.63, 3.8) is 0 Å². The lowest BCUT2D eigenvalue weighted by atomic mass is 9.79. The monoisotopic (exact) mass is 639 g/mol. The summed E-state index contributed by atoms with van der Waals surface area (Å²) in [7, 11) is 0. The van der Waals surface area contributed by atoms with Crippen molar-refractivity contribution in [1.29, 1.82) is 0 Å². The molecule has 0 heterocycles. The van der Waals surface area contributed by atoms with Gasteiger partial charge in [0, 0.05) is 22.2 Å². The van der Waals surface area contributed by atoms with Gasteiger partial charge in [-0.2, -0.15) is 0 Å². The van der Waals surface area contributed by atoms with E-state index in [2.05, 4.69) is 207 Å². The maximum absolute atomic E-state index is 2.45. The molecule has 50 heavy (non-hydrogen) atoms. The molecule has 1 nitrogen and oxygen atoms in total. The molecule has 1 aliphatic carbocycles. The summed E-state index contributed by atoms with van der Waals surface area (Å²) in [6, 6.07) is 68.5. The fourth-order valence-electron chi connectivity index (χ4n) is 7.98. The summed E-state index contributed by atoms with van der Waals surface area (Å²) in [6.07, 6.45) is 0. The van der Waals surface area contributed by atoms with Crippen molar-refractivity contribution in [2.24, 2.45) is 0 Å². The molecule has 238 valence electrons. The van der Waals surface area contributed by atoms with E-state index in [0.717, 1.165) is 11.4 Å². The van der Waals surface area contributed by atoms with E-state index in [1.165, 1.54) is 72.1 Å². The SMILES string of the molecule is CC1(C)c2cc(-c3ccccc3)ccc2-c2cc(N(c3ccc(-c4ccccc4)cc3)c3cccc(-c4ccccc4)c3)c3ccccc3c21. The number of fused-ring (bicyclic) bond motifs is 5. The molecule has 0 saturated carbocycles. The van der Waals surface area contributed by atoms with Crippen molar-refractivity contribution in [1.82, 2.24) is 0 Å². The number of nitrogens with zero attached hydrogens (tertiary/aromatic N) is 1. The Morgan fingerprint density at radius 2 is 0.860 bits per heavy atom. The Hall–Kier alpha value is -6.18. The maximum atomic E-state index is 2.45. The minimum atomic E-state index is -0.164. The quantitative estimate of drug-likeness (QED) is 0.175. The molecule has 0 saturated heterocycles. The van der Waals surface area contributed by atoms with Crippen molar-refractivity contribution >= 4 is 27.8 Å². The third kappa shape index (κ3) is 5.02. The van der Waals surface area contributed by atoms with Gasteiger partial charge in [-0.05, 0) is 97.4 Å². The van der Waals surface area contributed by atoms with E-state index in [4.69, 9.17) is 0 Å². The summed E-state index contributed by atoms with van der Waals surface area (Å²) < 4.78 is 0. The number of anilines is 3. The molecule has 0 amide bonds. The van der Waals surface area contributed by atoms with Crippen LogP contribution in [-0.4, -0.2) is 0 Å². The molecule has 0 fully saturated rings. The topological polar surface area (TPSA) is 3.24 Å². The molecule has 1 aliphatic rings. The van der Waals surface area contributed by atoms with E-state index in [1.54, 1.807) is 0 Å². The summed E-state index contributed by atoms with van der Waals surface area (Å²) in [5, 5.41) is 2.54. The summed E-state index contributed by atoms with van der Waals surface area (Å²) in [4.78, 5) is 2.45.